The molecule has 56 valence electrons. The SMILES string of the molecule is CCSCCC[C@H](C)O. The minimum Gasteiger partial charge on any atom is -0.393 e. The Bertz CT molecular complexity index is 54.9. The number of hydrogen-bond acceptors (Lipinski definition) is 2. The third kappa shape index (κ3) is 8.31. The van der Waals surface area contributed by atoms with Crippen LogP contribution < -0.4 is 0 Å². The Hall–Kier alpha value is 0.310. The molecule has 0 aromatic heterocycles. The van der Waals surface area contributed by atoms with Crippen molar-refractivity contribution in [3.63, 3.8) is 0 Å². The third-order valence-electron chi connectivity index (χ3n) is 1.11. The number of aliphatic hydroxyl groups is 1. The van der Waals surface area contributed by atoms with Crippen molar-refractivity contribution in [2.45, 2.75) is 32.8 Å². The smallest absolute Gasteiger partial charge is 0.0512 e. The summed E-state index contributed by atoms with van der Waals surface area (Å²) in [6.07, 6.45) is 1.99. The topological polar surface area (TPSA) is 20.2 Å². The lowest BCUT2D eigenvalue weighted by Crippen LogP contribution is -1.99. The van der Waals surface area contributed by atoms with E-state index in [4.69, 9.17) is 5.11 Å². The van der Waals surface area contributed by atoms with E-state index in [-0.39, 0.29) is 6.10 Å². The molecule has 0 heterocycles. The van der Waals surface area contributed by atoms with E-state index in [0.29, 0.717) is 0 Å². The first-order valence-electron chi connectivity index (χ1n) is 3.53. The molecule has 0 aromatic rings. The molecule has 0 aliphatic heterocycles. The summed E-state index contributed by atoms with van der Waals surface area (Å²) in [5.41, 5.74) is 0. The van der Waals surface area contributed by atoms with Gasteiger partial charge in [0.25, 0.3) is 0 Å². The Labute approximate surface area is 61.8 Å². The molecule has 0 saturated carbocycles. The Kier molecular flexibility index (Phi) is 6.65. The van der Waals surface area contributed by atoms with E-state index < -0.39 is 0 Å². The normalized spacial score (nSPS) is 13.7. The Morgan fingerprint density at radius 1 is 1.56 bits per heavy atom. The van der Waals surface area contributed by atoms with Crippen molar-refractivity contribution in [1.82, 2.24) is 0 Å². The molecule has 0 aliphatic rings. The van der Waals surface area contributed by atoms with Gasteiger partial charge in [-0.25, -0.2) is 0 Å². The molecule has 0 aromatic carbocycles. The molecular weight excluding hydrogens is 132 g/mol. The van der Waals surface area contributed by atoms with E-state index in [1.165, 1.54) is 11.5 Å². The first-order valence-corrected chi connectivity index (χ1v) is 4.68. The maximum absolute atomic E-state index is 8.84. The van der Waals surface area contributed by atoms with Crippen molar-refractivity contribution < 1.29 is 5.11 Å². The molecule has 0 radical (unpaired) electrons. The zero-order valence-corrected chi connectivity index (χ0v) is 7.08. The maximum Gasteiger partial charge on any atom is 0.0512 e. The fourth-order valence-electron chi connectivity index (χ4n) is 0.625. The van der Waals surface area contributed by atoms with Crippen molar-refractivity contribution in [2.75, 3.05) is 11.5 Å². The average Bonchev–Trinajstić information content (AvgIpc) is 1.80. The molecule has 0 bridgehead atoms. The first kappa shape index (κ1) is 9.31. The quantitative estimate of drug-likeness (QED) is 0.601. The molecule has 0 saturated heterocycles. The van der Waals surface area contributed by atoms with Crippen LogP contribution >= 0.6 is 11.8 Å². The van der Waals surface area contributed by atoms with Gasteiger partial charge in [0.1, 0.15) is 0 Å². The summed E-state index contributed by atoms with van der Waals surface area (Å²) in [6, 6.07) is 0. The van der Waals surface area contributed by atoms with Gasteiger partial charge >= 0.3 is 0 Å². The second-order valence-electron chi connectivity index (χ2n) is 2.19. The molecule has 1 atom stereocenters. The van der Waals surface area contributed by atoms with Gasteiger partial charge in [-0.05, 0) is 31.3 Å². The van der Waals surface area contributed by atoms with Crippen molar-refractivity contribution >= 4 is 11.8 Å². The molecule has 2 heteroatoms. The van der Waals surface area contributed by atoms with Crippen LogP contribution in [0.1, 0.15) is 26.7 Å². The van der Waals surface area contributed by atoms with Gasteiger partial charge in [-0.3, -0.25) is 0 Å². The van der Waals surface area contributed by atoms with E-state index in [9.17, 15) is 0 Å². The minimum absolute atomic E-state index is 0.109. The Balaban J connectivity index is 2.75. The second kappa shape index (κ2) is 6.43. The van der Waals surface area contributed by atoms with Gasteiger partial charge in [0.2, 0.25) is 0 Å². The summed E-state index contributed by atoms with van der Waals surface area (Å²) in [7, 11) is 0. The molecule has 0 fully saturated rings. The van der Waals surface area contributed by atoms with Crippen LogP contribution in [-0.2, 0) is 0 Å². The predicted octanol–water partition coefficient (Wildman–Crippen LogP) is 1.90. The highest BCUT2D eigenvalue weighted by atomic mass is 32.2. The molecule has 1 nitrogen and oxygen atoms in total. The van der Waals surface area contributed by atoms with Gasteiger partial charge < -0.3 is 5.11 Å². The number of aliphatic hydroxyl groups excluding tert-OH is 1. The van der Waals surface area contributed by atoms with Crippen LogP contribution in [-0.4, -0.2) is 22.7 Å². The second-order valence-corrected chi connectivity index (χ2v) is 3.58. The van der Waals surface area contributed by atoms with Crippen LogP contribution in [0.15, 0.2) is 0 Å². The molecule has 9 heavy (non-hydrogen) atoms. The van der Waals surface area contributed by atoms with Crippen LogP contribution in [0.25, 0.3) is 0 Å². The van der Waals surface area contributed by atoms with E-state index in [1.807, 2.05) is 18.7 Å². The zero-order chi connectivity index (χ0) is 7.11. The summed E-state index contributed by atoms with van der Waals surface area (Å²) in [5.74, 6) is 2.39. The third-order valence-corrected chi connectivity index (χ3v) is 2.10. The molecule has 1 N–H and O–H groups in total. The lowest BCUT2D eigenvalue weighted by atomic mass is 10.2. The number of rotatable bonds is 5. The summed E-state index contributed by atoms with van der Waals surface area (Å²) in [4.78, 5) is 0. The lowest BCUT2D eigenvalue weighted by Gasteiger charge is -2.01. The predicted molar refractivity (Wildman–Crippen MR) is 43.9 cm³/mol. The van der Waals surface area contributed by atoms with Gasteiger partial charge in [-0.2, -0.15) is 11.8 Å². The van der Waals surface area contributed by atoms with Crippen LogP contribution in [0.2, 0.25) is 0 Å². The summed E-state index contributed by atoms with van der Waals surface area (Å²) < 4.78 is 0. The fraction of sp³-hybridized carbons (Fsp3) is 1.00. The molecule has 0 rings (SSSR count). The van der Waals surface area contributed by atoms with E-state index in [0.717, 1.165) is 12.8 Å². The molecule has 0 amide bonds. The number of thioether (sulfide) groups is 1. The minimum atomic E-state index is -0.109. The van der Waals surface area contributed by atoms with E-state index >= 15 is 0 Å². The van der Waals surface area contributed by atoms with E-state index in [2.05, 4.69) is 6.92 Å². The van der Waals surface area contributed by atoms with Crippen LogP contribution in [0.4, 0.5) is 0 Å². The highest BCUT2D eigenvalue weighted by Crippen LogP contribution is 2.04. The van der Waals surface area contributed by atoms with Crippen LogP contribution in [0.3, 0.4) is 0 Å². The van der Waals surface area contributed by atoms with Gasteiger partial charge in [-0.1, -0.05) is 6.92 Å². The van der Waals surface area contributed by atoms with Gasteiger partial charge in [0, 0.05) is 0 Å². The monoisotopic (exact) mass is 148 g/mol. The summed E-state index contributed by atoms with van der Waals surface area (Å²) in [6.45, 7) is 4.00. The first-order chi connectivity index (χ1) is 4.27. The molecular formula is C7H16OS. The number of hydrogen-bond donors (Lipinski definition) is 1. The highest BCUT2D eigenvalue weighted by molar-refractivity contribution is 7.99. The Morgan fingerprint density at radius 2 is 2.22 bits per heavy atom. The van der Waals surface area contributed by atoms with Crippen LogP contribution in [0, 0.1) is 0 Å². The molecule has 0 aliphatic carbocycles. The fourth-order valence-corrected chi connectivity index (χ4v) is 1.28. The zero-order valence-electron chi connectivity index (χ0n) is 6.26. The molecule has 0 unspecified atom stereocenters. The lowest BCUT2D eigenvalue weighted by molar-refractivity contribution is 0.184. The van der Waals surface area contributed by atoms with Crippen molar-refractivity contribution in [2.24, 2.45) is 0 Å². The molecule has 0 spiro atoms. The standard InChI is InChI=1S/C7H16OS/c1-3-9-6-4-5-7(2)8/h7-8H,3-6H2,1-2H3/t7-/m0/s1. The highest BCUT2D eigenvalue weighted by Gasteiger charge is 1.93. The van der Waals surface area contributed by atoms with Crippen molar-refractivity contribution in [1.29, 1.82) is 0 Å². The Morgan fingerprint density at radius 3 is 2.67 bits per heavy atom. The largest absolute Gasteiger partial charge is 0.393 e. The van der Waals surface area contributed by atoms with Gasteiger partial charge in [-0.15, -0.1) is 0 Å². The van der Waals surface area contributed by atoms with Crippen molar-refractivity contribution in [3.8, 4) is 0 Å². The average molecular weight is 148 g/mol. The summed E-state index contributed by atoms with van der Waals surface area (Å²) in [5, 5.41) is 8.84. The maximum atomic E-state index is 8.84. The van der Waals surface area contributed by atoms with Gasteiger partial charge in [0.15, 0.2) is 0 Å². The van der Waals surface area contributed by atoms with Crippen molar-refractivity contribution in [3.05, 3.63) is 0 Å². The van der Waals surface area contributed by atoms with E-state index in [1.54, 1.807) is 0 Å². The van der Waals surface area contributed by atoms with Gasteiger partial charge in [0.05, 0.1) is 6.10 Å². The summed E-state index contributed by atoms with van der Waals surface area (Å²) >= 11 is 1.94. The van der Waals surface area contributed by atoms with Crippen LogP contribution in [0.5, 0.6) is 0 Å².